The van der Waals surface area contributed by atoms with E-state index in [-0.39, 0.29) is 12.8 Å². The molecule has 2 aliphatic heterocycles. The van der Waals surface area contributed by atoms with E-state index in [4.69, 9.17) is 25.6 Å². The fourth-order valence-electron chi connectivity index (χ4n) is 4.33. The highest BCUT2D eigenvalue weighted by atomic mass is 35.5. The molecule has 1 unspecified atom stereocenters. The van der Waals surface area contributed by atoms with Crippen LogP contribution in [0.2, 0.25) is 5.02 Å². The minimum atomic E-state index is -0.536. The van der Waals surface area contributed by atoms with Crippen molar-refractivity contribution in [1.82, 2.24) is 15.5 Å². The first-order valence-corrected chi connectivity index (χ1v) is 11.3. The van der Waals surface area contributed by atoms with Gasteiger partial charge in [-0.1, -0.05) is 47.1 Å². The summed E-state index contributed by atoms with van der Waals surface area (Å²) in [6.45, 7) is 2.04. The molecule has 35 heavy (non-hydrogen) atoms. The van der Waals surface area contributed by atoms with Crippen molar-refractivity contribution in [2.75, 3.05) is 11.7 Å². The van der Waals surface area contributed by atoms with E-state index in [1.54, 1.807) is 11.0 Å². The quantitative estimate of drug-likeness (QED) is 0.391. The summed E-state index contributed by atoms with van der Waals surface area (Å²) >= 11 is 6.27. The number of hydrogen-bond donors (Lipinski definition) is 1. The van der Waals surface area contributed by atoms with Gasteiger partial charge in [-0.05, 0) is 55.0 Å². The topological polar surface area (TPSA) is 89.7 Å². The van der Waals surface area contributed by atoms with Crippen molar-refractivity contribution in [2.24, 2.45) is 0 Å². The molecule has 8 nitrogen and oxygen atoms in total. The van der Waals surface area contributed by atoms with Crippen LogP contribution in [0.4, 0.5) is 10.5 Å². The molecule has 0 fully saturated rings. The van der Waals surface area contributed by atoms with Crippen molar-refractivity contribution in [3.63, 3.8) is 0 Å². The maximum Gasteiger partial charge on any atom is 0.326 e. The van der Waals surface area contributed by atoms with Crippen molar-refractivity contribution >= 4 is 28.9 Å². The van der Waals surface area contributed by atoms with Crippen LogP contribution in [-0.4, -0.2) is 23.0 Å². The van der Waals surface area contributed by atoms with Crippen LogP contribution < -0.4 is 19.7 Å². The summed E-state index contributed by atoms with van der Waals surface area (Å²) in [5.74, 6) is 1.99. The molecular weight excluding hydrogens is 468 g/mol. The fourth-order valence-corrected chi connectivity index (χ4v) is 4.53. The van der Waals surface area contributed by atoms with Crippen LogP contribution in [0.3, 0.4) is 0 Å². The van der Waals surface area contributed by atoms with E-state index in [1.165, 1.54) is 0 Å². The van der Waals surface area contributed by atoms with Gasteiger partial charge in [0.1, 0.15) is 0 Å². The lowest BCUT2D eigenvalue weighted by Crippen LogP contribution is -2.46. The number of urea groups is 1. The van der Waals surface area contributed by atoms with Gasteiger partial charge < -0.3 is 19.3 Å². The van der Waals surface area contributed by atoms with E-state index in [0.717, 1.165) is 16.8 Å². The van der Waals surface area contributed by atoms with Crippen LogP contribution in [0.15, 0.2) is 83.0 Å². The second kappa shape index (κ2) is 8.48. The zero-order valence-corrected chi connectivity index (χ0v) is 19.3. The van der Waals surface area contributed by atoms with Crippen LogP contribution in [0, 0.1) is 0 Å². The van der Waals surface area contributed by atoms with Crippen LogP contribution in [0.5, 0.6) is 11.5 Å². The van der Waals surface area contributed by atoms with Crippen molar-refractivity contribution < 1.29 is 18.8 Å². The third-order valence-corrected chi connectivity index (χ3v) is 6.20. The number of nitrogens with one attached hydrogen (secondary N) is 1. The Morgan fingerprint density at radius 3 is 2.66 bits per heavy atom. The number of para-hydroxylation sites is 1. The Labute approximate surface area is 205 Å². The number of halogens is 1. The molecule has 0 saturated carbocycles. The van der Waals surface area contributed by atoms with Crippen LogP contribution in [0.25, 0.3) is 17.0 Å². The Morgan fingerprint density at radius 2 is 1.83 bits per heavy atom. The minimum absolute atomic E-state index is 0.179. The molecule has 4 aromatic rings. The Hall–Kier alpha value is -4.30. The highest BCUT2D eigenvalue weighted by Gasteiger charge is 2.36. The molecule has 1 atom stereocenters. The number of anilines is 1. The monoisotopic (exact) mass is 486 g/mol. The minimum Gasteiger partial charge on any atom is -0.454 e. The number of ether oxygens (including phenoxy) is 2. The lowest BCUT2D eigenvalue weighted by Gasteiger charge is -2.35. The van der Waals surface area contributed by atoms with Gasteiger partial charge in [-0.3, -0.25) is 4.90 Å². The van der Waals surface area contributed by atoms with Crippen molar-refractivity contribution in [3.05, 3.63) is 95.0 Å². The highest BCUT2D eigenvalue weighted by Crippen LogP contribution is 2.40. The van der Waals surface area contributed by atoms with Crippen molar-refractivity contribution in [3.8, 4) is 22.9 Å². The van der Waals surface area contributed by atoms with Crippen LogP contribution >= 0.6 is 11.6 Å². The molecule has 0 radical (unpaired) electrons. The summed E-state index contributed by atoms with van der Waals surface area (Å²) in [7, 11) is 0. The van der Waals surface area contributed by atoms with Gasteiger partial charge in [-0.2, -0.15) is 4.98 Å². The second-order valence-corrected chi connectivity index (χ2v) is 8.54. The van der Waals surface area contributed by atoms with Gasteiger partial charge >= 0.3 is 6.03 Å². The summed E-state index contributed by atoms with van der Waals surface area (Å²) in [5, 5.41) is 7.85. The molecule has 2 amide bonds. The Kier molecular flexibility index (Phi) is 5.15. The Bertz CT molecular complexity index is 1470. The zero-order valence-electron chi connectivity index (χ0n) is 18.6. The molecule has 0 bridgehead atoms. The van der Waals surface area contributed by atoms with Gasteiger partial charge in [-0.15, -0.1) is 0 Å². The summed E-state index contributed by atoms with van der Waals surface area (Å²) in [4.78, 5) is 19.5. The van der Waals surface area contributed by atoms with Gasteiger partial charge in [0.25, 0.3) is 5.89 Å². The lowest BCUT2D eigenvalue weighted by atomic mass is 9.94. The first-order chi connectivity index (χ1) is 17.1. The molecule has 0 spiro atoms. The summed E-state index contributed by atoms with van der Waals surface area (Å²) in [5.41, 5.74) is 3.60. The molecule has 2 aliphatic rings. The Morgan fingerprint density at radius 1 is 1.00 bits per heavy atom. The Balaban J connectivity index is 1.48. The summed E-state index contributed by atoms with van der Waals surface area (Å²) < 4.78 is 16.6. The van der Waals surface area contributed by atoms with Crippen molar-refractivity contribution in [1.29, 1.82) is 0 Å². The van der Waals surface area contributed by atoms with Crippen LogP contribution in [-0.2, 0) is 0 Å². The third kappa shape index (κ3) is 3.77. The maximum absolute atomic E-state index is 13.2. The second-order valence-electron chi connectivity index (χ2n) is 8.10. The molecule has 0 aliphatic carbocycles. The van der Waals surface area contributed by atoms with E-state index >= 15 is 0 Å². The molecule has 3 aromatic carbocycles. The predicted octanol–water partition coefficient (Wildman–Crippen LogP) is 5.82. The van der Waals surface area contributed by atoms with Gasteiger partial charge in [0, 0.05) is 16.3 Å². The maximum atomic E-state index is 13.2. The van der Waals surface area contributed by atoms with Gasteiger partial charge in [0.05, 0.1) is 17.3 Å². The molecule has 9 heteroatoms. The number of rotatable bonds is 4. The average Bonchev–Trinajstić information content (AvgIpc) is 3.54. The number of carbonyl (C=O) groups is 1. The first kappa shape index (κ1) is 21.2. The standard InChI is InChI=1S/C26H19ClN4O4/c1-15-22(25-29-24(30-35-25)17-10-11-20-21(13-17)34-14-33-20)23(16-6-5-7-18(27)12-16)28-26(32)31(15)19-8-3-2-4-9-19/h2-13,23H,14H2,1H3,(H,28,32). The fraction of sp³-hybridized carbons (Fsp3) is 0.115. The van der Waals surface area contributed by atoms with E-state index in [1.807, 2.05) is 73.7 Å². The summed E-state index contributed by atoms with van der Waals surface area (Å²) in [6.07, 6.45) is 0. The number of allylic oxidation sites excluding steroid dienone is 1. The number of benzene rings is 3. The predicted molar refractivity (Wildman–Crippen MR) is 130 cm³/mol. The number of amides is 2. The number of fused-ring (bicyclic) bond motifs is 1. The molecule has 6 rings (SSSR count). The van der Waals surface area contributed by atoms with Gasteiger partial charge in [-0.25, -0.2) is 4.79 Å². The van der Waals surface area contributed by atoms with Gasteiger partial charge in [0.2, 0.25) is 12.6 Å². The molecule has 174 valence electrons. The molecule has 3 heterocycles. The van der Waals surface area contributed by atoms with Crippen LogP contribution in [0.1, 0.15) is 24.4 Å². The molecule has 1 aromatic heterocycles. The number of carbonyl (C=O) groups excluding carboxylic acids is 1. The van der Waals surface area contributed by atoms with E-state index in [0.29, 0.717) is 39.5 Å². The van der Waals surface area contributed by atoms with E-state index in [2.05, 4.69) is 15.5 Å². The number of aromatic nitrogens is 2. The highest BCUT2D eigenvalue weighted by molar-refractivity contribution is 6.30. The zero-order chi connectivity index (χ0) is 23.9. The average molecular weight is 487 g/mol. The lowest BCUT2D eigenvalue weighted by molar-refractivity contribution is 0.174. The normalized spacial score (nSPS) is 17.0. The molecular formula is C26H19ClN4O4. The first-order valence-electron chi connectivity index (χ1n) is 10.9. The summed E-state index contributed by atoms with van der Waals surface area (Å²) in [6, 6.07) is 21.4. The van der Waals surface area contributed by atoms with Gasteiger partial charge in [0.15, 0.2) is 11.5 Å². The third-order valence-electron chi connectivity index (χ3n) is 5.97. The largest absolute Gasteiger partial charge is 0.454 e. The van der Waals surface area contributed by atoms with E-state index in [9.17, 15) is 4.79 Å². The number of hydrogen-bond acceptors (Lipinski definition) is 6. The van der Waals surface area contributed by atoms with Crippen molar-refractivity contribution in [2.45, 2.75) is 13.0 Å². The number of nitrogens with zero attached hydrogens (tertiary/aromatic N) is 3. The molecule has 0 saturated heterocycles. The molecule has 1 N–H and O–H groups in total. The smallest absolute Gasteiger partial charge is 0.326 e. The van der Waals surface area contributed by atoms with E-state index < -0.39 is 6.04 Å². The SMILES string of the molecule is CC1=C(c2nc(-c3ccc4c(c3)OCO4)no2)C(c2cccc(Cl)c2)NC(=O)N1c1ccccc1.